The van der Waals surface area contributed by atoms with Crippen molar-refractivity contribution < 1.29 is 9.13 Å². The molecule has 1 saturated heterocycles. The summed E-state index contributed by atoms with van der Waals surface area (Å²) >= 11 is 0. The van der Waals surface area contributed by atoms with Crippen molar-refractivity contribution in [3.8, 4) is 39.7 Å². The van der Waals surface area contributed by atoms with Crippen molar-refractivity contribution in [2.45, 2.75) is 12.8 Å². The van der Waals surface area contributed by atoms with Gasteiger partial charge in [-0.2, -0.15) is 10.2 Å². The summed E-state index contributed by atoms with van der Waals surface area (Å²) in [5.74, 6) is 0.658. The predicted molar refractivity (Wildman–Crippen MR) is 146 cm³/mol. The van der Waals surface area contributed by atoms with E-state index in [1.54, 1.807) is 23.3 Å². The molecule has 39 heavy (non-hydrogen) atoms. The molecular formula is C28H26FN9O. The second-order valence-electron chi connectivity index (χ2n) is 9.81. The molecule has 2 N–H and O–H groups in total. The Bertz CT molecular complexity index is 1800. The zero-order valence-corrected chi connectivity index (χ0v) is 21.4. The van der Waals surface area contributed by atoms with Gasteiger partial charge >= 0.3 is 0 Å². The molecule has 0 aliphatic carbocycles. The number of nitrogens with one attached hydrogen (secondary N) is 2. The van der Waals surface area contributed by atoms with E-state index < -0.39 is 0 Å². The lowest BCUT2D eigenvalue weighted by molar-refractivity contribution is 0.237. The predicted octanol–water partition coefficient (Wildman–Crippen LogP) is 4.58. The second-order valence-corrected chi connectivity index (χ2v) is 9.81. The van der Waals surface area contributed by atoms with Crippen LogP contribution in [-0.4, -0.2) is 71.1 Å². The molecule has 1 fully saturated rings. The van der Waals surface area contributed by atoms with Crippen LogP contribution >= 0.6 is 0 Å². The number of aromatic nitrogens is 8. The van der Waals surface area contributed by atoms with Crippen molar-refractivity contribution >= 4 is 22.1 Å². The third kappa shape index (κ3) is 4.50. The number of halogens is 1. The molecule has 0 bridgehead atoms. The zero-order valence-electron chi connectivity index (χ0n) is 21.4. The van der Waals surface area contributed by atoms with Crippen LogP contribution in [0.2, 0.25) is 0 Å². The lowest BCUT2D eigenvalue weighted by Crippen LogP contribution is -2.25. The molecular weight excluding hydrogens is 497 g/mol. The summed E-state index contributed by atoms with van der Waals surface area (Å²) in [5, 5.41) is 12.6. The van der Waals surface area contributed by atoms with Crippen LogP contribution in [0.1, 0.15) is 12.8 Å². The lowest BCUT2D eigenvalue weighted by atomic mass is 10.1. The Labute approximate surface area is 222 Å². The first-order chi connectivity index (χ1) is 19.1. The fourth-order valence-corrected chi connectivity index (χ4v) is 5.15. The number of hydrogen-bond acceptors (Lipinski definition) is 7. The van der Waals surface area contributed by atoms with Crippen LogP contribution in [0.4, 0.5) is 4.39 Å². The van der Waals surface area contributed by atoms with E-state index in [1.807, 2.05) is 31.4 Å². The Hall–Kier alpha value is -4.64. The number of H-pyrrole nitrogens is 2. The molecule has 1 aromatic carbocycles. The molecule has 5 aromatic heterocycles. The highest BCUT2D eigenvalue weighted by Gasteiger charge is 2.18. The van der Waals surface area contributed by atoms with Crippen molar-refractivity contribution in [2.75, 3.05) is 26.2 Å². The van der Waals surface area contributed by atoms with Gasteiger partial charge in [0.25, 0.3) is 0 Å². The zero-order chi connectivity index (χ0) is 26.3. The van der Waals surface area contributed by atoms with Gasteiger partial charge in [-0.3, -0.25) is 19.7 Å². The Morgan fingerprint density at radius 3 is 2.74 bits per heavy atom. The van der Waals surface area contributed by atoms with Gasteiger partial charge in [-0.15, -0.1) is 0 Å². The van der Waals surface area contributed by atoms with Crippen molar-refractivity contribution in [3.63, 3.8) is 0 Å². The van der Waals surface area contributed by atoms with Crippen molar-refractivity contribution in [1.29, 1.82) is 0 Å². The van der Waals surface area contributed by atoms with Crippen LogP contribution in [0, 0.1) is 5.82 Å². The van der Waals surface area contributed by atoms with Gasteiger partial charge in [0.05, 0.1) is 22.8 Å². The fraction of sp³-hybridized carbons (Fsp3) is 0.250. The van der Waals surface area contributed by atoms with Crippen LogP contribution in [0.5, 0.6) is 5.75 Å². The van der Waals surface area contributed by atoms with Gasteiger partial charge in [0, 0.05) is 54.9 Å². The average Bonchev–Trinajstić information content (AvgIpc) is 3.74. The van der Waals surface area contributed by atoms with Crippen LogP contribution in [0.25, 0.3) is 56.0 Å². The van der Waals surface area contributed by atoms with Gasteiger partial charge in [-0.25, -0.2) is 14.4 Å². The average molecular weight is 524 g/mol. The van der Waals surface area contributed by atoms with E-state index in [0.717, 1.165) is 41.7 Å². The number of pyridine rings is 2. The monoisotopic (exact) mass is 523 g/mol. The maximum absolute atomic E-state index is 14.7. The van der Waals surface area contributed by atoms with Gasteiger partial charge < -0.3 is 9.72 Å². The number of nitrogens with zero attached hydrogens (tertiary/aromatic N) is 7. The second kappa shape index (κ2) is 9.59. The minimum atomic E-state index is -0.384. The standard InChI is InChI=1S/C28H26FN9O/c1-37-16-19(15-32-37)18-12-22-25(35-36-27(22)31-14-18)28-33-23-4-5-30-24(26(23)34-28)17-10-20(29)13-21(11-17)39-9-8-38-6-2-3-7-38/h4-5,10-16H,2-3,6-9H2,1H3,(H,33,34)(H,31,35,36). The summed E-state index contributed by atoms with van der Waals surface area (Å²) in [4.78, 5) is 19.6. The maximum Gasteiger partial charge on any atom is 0.159 e. The van der Waals surface area contributed by atoms with Crippen LogP contribution in [0.15, 0.2) is 55.1 Å². The molecule has 1 aliphatic rings. The minimum absolute atomic E-state index is 0.384. The van der Waals surface area contributed by atoms with Crippen LogP contribution < -0.4 is 4.74 Å². The topological polar surface area (TPSA) is 113 Å². The molecule has 11 heteroatoms. The Morgan fingerprint density at radius 2 is 1.90 bits per heavy atom. The first kappa shape index (κ1) is 23.5. The molecule has 10 nitrogen and oxygen atoms in total. The SMILES string of the molecule is Cn1cc(-c2cnc3[nH]nc(-c4nc5c(-c6cc(F)cc(OCCN7CCCC7)c6)nccc5[nH]4)c3c2)cn1. The van der Waals surface area contributed by atoms with E-state index in [0.29, 0.717) is 46.3 Å². The maximum atomic E-state index is 14.7. The number of hydrogen-bond donors (Lipinski definition) is 2. The number of imidazole rings is 1. The summed E-state index contributed by atoms with van der Waals surface area (Å²) in [5.41, 5.74) is 5.72. The third-order valence-electron chi connectivity index (χ3n) is 7.10. The van der Waals surface area contributed by atoms with Gasteiger partial charge in [0.2, 0.25) is 0 Å². The molecule has 0 amide bonds. The van der Waals surface area contributed by atoms with Gasteiger partial charge in [-0.05, 0) is 50.2 Å². The number of benzene rings is 1. The number of aromatic amines is 2. The van der Waals surface area contributed by atoms with Crippen LogP contribution in [-0.2, 0) is 7.05 Å². The van der Waals surface area contributed by atoms with Gasteiger partial charge in [-0.1, -0.05) is 0 Å². The lowest BCUT2D eigenvalue weighted by Gasteiger charge is -2.15. The first-order valence-electron chi connectivity index (χ1n) is 12.9. The normalized spacial score (nSPS) is 14.1. The largest absolute Gasteiger partial charge is 0.492 e. The summed E-state index contributed by atoms with van der Waals surface area (Å²) in [6.45, 7) is 3.53. The molecule has 0 unspecified atom stereocenters. The van der Waals surface area contributed by atoms with E-state index in [2.05, 4.69) is 35.1 Å². The van der Waals surface area contributed by atoms with Gasteiger partial charge in [0.1, 0.15) is 29.4 Å². The Balaban J connectivity index is 1.23. The van der Waals surface area contributed by atoms with Gasteiger partial charge in [0.15, 0.2) is 11.5 Å². The summed E-state index contributed by atoms with van der Waals surface area (Å²) in [6.07, 6.45) is 9.65. The molecule has 7 rings (SSSR count). The van der Waals surface area contributed by atoms with Crippen molar-refractivity contribution in [1.82, 2.24) is 44.8 Å². The van der Waals surface area contributed by atoms with E-state index >= 15 is 0 Å². The molecule has 6 aromatic rings. The molecule has 0 atom stereocenters. The summed E-state index contributed by atoms with van der Waals surface area (Å²) in [7, 11) is 1.88. The molecule has 1 aliphatic heterocycles. The summed E-state index contributed by atoms with van der Waals surface area (Å²) < 4.78 is 22.3. The number of likely N-dealkylation sites (tertiary alicyclic amines) is 1. The quantitative estimate of drug-likeness (QED) is 0.315. The highest BCUT2D eigenvalue weighted by molar-refractivity contribution is 5.96. The fourth-order valence-electron chi connectivity index (χ4n) is 5.15. The number of rotatable bonds is 7. The highest BCUT2D eigenvalue weighted by atomic mass is 19.1. The molecule has 0 saturated carbocycles. The number of ether oxygens (including phenoxy) is 1. The highest BCUT2D eigenvalue weighted by Crippen LogP contribution is 2.33. The smallest absolute Gasteiger partial charge is 0.159 e. The molecule has 0 spiro atoms. The Morgan fingerprint density at radius 1 is 1.00 bits per heavy atom. The van der Waals surface area contributed by atoms with E-state index in [9.17, 15) is 4.39 Å². The Kier molecular flexibility index (Phi) is 5.77. The van der Waals surface area contributed by atoms with E-state index in [-0.39, 0.29) is 5.82 Å². The molecule has 6 heterocycles. The van der Waals surface area contributed by atoms with Crippen molar-refractivity contribution in [2.24, 2.45) is 7.05 Å². The molecule has 0 radical (unpaired) electrons. The first-order valence-corrected chi connectivity index (χ1v) is 12.9. The number of aryl methyl sites for hydroxylation is 1. The number of fused-ring (bicyclic) bond motifs is 2. The van der Waals surface area contributed by atoms with E-state index in [4.69, 9.17) is 9.72 Å². The molecule has 196 valence electrons. The van der Waals surface area contributed by atoms with E-state index in [1.165, 1.54) is 25.0 Å². The van der Waals surface area contributed by atoms with Crippen LogP contribution in [0.3, 0.4) is 0 Å². The minimum Gasteiger partial charge on any atom is -0.492 e. The van der Waals surface area contributed by atoms with Crippen molar-refractivity contribution in [3.05, 3.63) is 60.9 Å². The summed E-state index contributed by atoms with van der Waals surface area (Å²) in [6, 6.07) is 8.54. The third-order valence-corrected chi connectivity index (χ3v) is 7.10.